The van der Waals surface area contributed by atoms with Gasteiger partial charge in [0, 0.05) is 10.7 Å². The van der Waals surface area contributed by atoms with Gasteiger partial charge in [0.1, 0.15) is 11.4 Å². The molecule has 7 nitrogen and oxygen atoms in total. The number of carbonyl (C=O) groups excluding carboxylic acids is 2. The topological polar surface area (TPSA) is 100 Å². The van der Waals surface area contributed by atoms with Crippen LogP contribution in [0.3, 0.4) is 0 Å². The van der Waals surface area contributed by atoms with E-state index in [9.17, 15) is 14.7 Å². The molecule has 0 heterocycles. The number of rotatable bonds is 6. The van der Waals surface area contributed by atoms with Crippen molar-refractivity contribution in [1.29, 1.82) is 0 Å². The van der Waals surface area contributed by atoms with Gasteiger partial charge in [-0.2, -0.15) is 5.11 Å². The van der Waals surface area contributed by atoms with Gasteiger partial charge in [-0.25, -0.2) is 4.79 Å². The lowest BCUT2D eigenvalue weighted by molar-refractivity contribution is -0.119. The Balaban J connectivity index is 1.62. The van der Waals surface area contributed by atoms with E-state index >= 15 is 0 Å². The van der Waals surface area contributed by atoms with Crippen LogP contribution in [-0.2, 0) is 9.53 Å². The van der Waals surface area contributed by atoms with E-state index in [0.29, 0.717) is 22.1 Å². The van der Waals surface area contributed by atoms with Crippen LogP contribution in [0.2, 0.25) is 5.02 Å². The highest BCUT2D eigenvalue weighted by molar-refractivity contribution is 6.30. The van der Waals surface area contributed by atoms with Crippen LogP contribution in [0.25, 0.3) is 0 Å². The molecule has 3 aromatic rings. The van der Waals surface area contributed by atoms with E-state index in [1.165, 1.54) is 18.2 Å². The summed E-state index contributed by atoms with van der Waals surface area (Å²) in [4.78, 5) is 24.3. The molecule has 0 aliphatic heterocycles. The second-order valence-electron chi connectivity index (χ2n) is 5.86. The molecule has 0 bridgehead atoms. The third-order valence-corrected chi connectivity index (χ3v) is 3.96. The number of hydrogen-bond donors (Lipinski definition) is 2. The van der Waals surface area contributed by atoms with Gasteiger partial charge in [-0.3, -0.25) is 4.79 Å². The van der Waals surface area contributed by atoms with Gasteiger partial charge in [-0.15, -0.1) is 5.11 Å². The summed E-state index contributed by atoms with van der Waals surface area (Å²) in [6, 6.07) is 19.2. The number of amides is 1. The lowest BCUT2D eigenvalue weighted by Gasteiger charge is -2.08. The maximum Gasteiger partial charge on any atom is 0.340 e. The lowest BCUT2D eigenvalue weighted by atomic mass is 10.2. The first-order valence-corrected chi connectivity index (χ1v) is 8.91. The molecule has 2 N–H and O–H groups in total. The van der Waals surface area contributed by atoms with Gasteiger partial charge >= 0.3 is 5.97 Å². The third-order valence-electron chi connectivity index (χ3n) is 3.71. The van der Waals surface area contributed by atoms with Crippen molar-refractivity contribution < 1.29 is 19.4 Å². The standard InChI is InChI=1S/C21H16ClN3O4/c22-14-5-7-15(8-6-14)23-20(27)13-29-21(28)18-3-1-2-4-19(18)25-24-16-9-11-17(26)12-10-16/h1-12,26H,13H2,(H,23,27). The van der Waals surface area contributed by atoms with E-state index in [-0.39, 0.29) is 11.3 Å². The predicted molar refractivity (Wildman–Crippen MR) is 109 cm³/mol. The molecule has 146 valence electrons. The number of ether oxygens (including phenoxy) is 1. The molecule has 0 aliphatic rings. The molecule has 0 saturated heterocycles. The summed E-state index contributed by atoms with van der Waals surface area (Å²) in [5.41, 5.74) is 1.52. The number of azo groups is 1. The number of hydrogen-bond acceptors (Lipinski definition) is 6. The first kappa shape index (κ1) is 20.0. The van der Waals surface area contributed by atoms with Gasteiger partial charge in [0.05, 0.1) is 11.3 Å². The van der Waals surface area contributed by atoms with Crippen molar-refractivity contribution in [3.63, 3.8) is 0 Å². The monoisotopic (exact) mass is 409 g/mol. The highest BCUT2D eigenvalue weighted by Crippen LogP contribution is 2.24. The Bertz CT molecular complexity index is 1030. The minimum Gasteiger partial charge on any atom is -0.508 e. The molecule has 8 heteroatoms. The number of carbonyl (C=O) groups is 2. The number of nitrogens with zero attached hydrogens (tertiary/aromatic N) is 2. The molecule has 0 unspecified atom stereocenters. The summed E-state index contributed by atoms with van der Waals surface area (Å²) in [6.45, 7) is -0.453. The average molecular weight is 410 g/mol. The van der Waals surface area contributed by atoms with Gasteiger partial charge in [0.2, 0.25) is 0 Å². The molecule has 0 aromatic heterocycles. The van der Waals surface area contributed by atoms with Gasteiger partial charge in [0.15, 0.2) is 6.61 Å². The van der Waals surface area contributed by atoms with Crippen molar-refractivity contribution in [3.8, 4) is 5.75 Å². The highest BCUT2D eigenvalue weighted by atomic mass is 35.5. The summed E-state index contributed by atoms with van der Waals surface area (Å²) in [5.74, 6) is -1.06. The number of phenolic OH excluding ortho intramolecular Hbond substituents is 1. The van der Waals surface area contributed by atoms with Crippen LogP contribution in [0, 0.1) is 0 Å². The van der Waals surface area contributed by atoms with Crippen molar-refractivity contribution in [3.05, 3.63) is 83.4 Å². The van der Waals surface area contributed by atoms with Crippen molar-refractivity contribution in [2.45, 2.75) is 0 Å². The molecule has 29 heavy (non-hydrogen) atoms. The van der Waals surface area contributed by atoms with Crippen LogP contribution in [0.1, 0.15) is 10.4 Å². The zero-order valence-electron chi connectivity index (χ0n) is 15.1. The molecule has 0 fully saturated rings. The molecular weight excluding hydrogens is 394 g/mol. The molecule has 0 radical (unpaired) electrons. The largest absolute Gasteiger partial charge is 0.508 e. The molecule has 0 aliphatic carbocycles. The van der Waals surface area contributed by atoms with Gasteiger partial charge in [0.25, 0.3) is 5.91 Å². The Labute approximate surface area is 171 Å². The normalized spacial score (nSPS) is 10.7. The molecule has 3 aromatic carbocycles. The summed E-state index contributed by atoms with van der Waals surface area (Å²) in [5, 5.41) is 20.5. The summed E-state index contributed by atoms with van der Waals surface area (Å²) in [7, 11) is 0. The molecular formula is C21H16ClN3O4. The Morgan fingerprint density at radius 3 is 2.34 bits per heavy atom. The van der Waals surface area contributed by atoms with Crippen molar-refractivity contribution in [2.75, 3.05) is 11.9 Å². The van der Waals surface area contributed by atoms with Gasteiger partial charge in [-0.05, 0) is 60.7 Å². The van der Waals surface area contributed by atoms with E-state index in [1.54, 1.807) is 54.6 Å². The second-order valence-corrected chi connectivity index (χ2v) is 6.30. The number of anilines is 1. The quantitative estimate of drug-likeness (QED) is 0.428. The lowest BCUT2D eigenvalue weighted by Crippen LogP contribution is -2.20. The number of nitrogens with one attached hydrogen (secondary N) is 1. The zero-order valence-corrected chi connectivity index (χ0v) is 15.8. The maximum absolute atomic E-state index is 12.4. The third kappa shape index (κ3) is 5.88. The fourth-order valence-corrected chi connectivity index (χ4v) is 2.43. The SMILES string of the molecule is O=C(COC(=O)c1ccccc1N=Nc1ccc(O)cc1)Nc1ccc(Cl)cc1. The van der Waals surface area contributed by atoms with E-state index in [1.807, 2.05) is 0 Å². The molecule has 0 spiro atoms. The summed E-state index contributed by atoms with van der Waals surface area (Å²) < 4.78 is 5.08. The van der Waals surface area contributed by atoms with Gasteiger partial charge < -0.3 is 15.2 Å². The zero-order chi connectivity index (χ0) is 20.6. The fraction of sp³-hybridized carbons (Fsp3) is 0.0476. The molecule has 0 saturated carbocycles. The number of benzene rings is 3. The van der Waals surface area contributed by atoms with Crippen LogP contribution >= 0.6 is 11.6 Å². The van der Waals surface area contributed by atoms with Crippen molar-refractivity contribution >= 4 is 40.5 Å². The highest BCUT2D eigenvalue weighted by Gasteiger charge is 2.14. The van der Waals surface area contributed by atoms with Crippen LogP contribution in [-0.4, -0.2) is 23.6 Å². The molecule has 0 atom stereocenters. The summed E-state index contributed by atoms with van der Waals surface area (Å²) >= 11 is 5.80. The van der Waals surface area contributed by atoms with Crippen LogP contribution in [0.4, 0.5) is 17.1 Å². The minimum absolute atomic E-state index is 0.116. The average Bonchev–Trinajstić information content (AvgIpc) is 2.73. The Hall–Kier alpha value is -3.71. The predicted octanol–water partition coefficient (Wildman–Crippen LogP) is 5.26. The Kier molecular flexibility index (Phi) is 6.55. The minimum atomic E-state index is -0.698. The number of phenols is 1. The fourth-order valence-electron chi connectivity index (χ4n) is 2.30. The van der Waals surface area contributed by atoms with Gasteiger partial charge in [-0.1, -0.05) is 23.7 Å². The first-order valence-electron chi connectivity index (χ1n) is 8.53. The number of aromatic hydroxyl groups is 1. The van der Waals surface area contributed by atoms with E-state index in [4.69, 9.17) is 16.3 Å². The maximum atomic E-state index is 12.4. The smallest absolute Gasteiger partial charge is 0.340 e. The summed E-state index contributed by atoms with van der Waals surface area (Å²) in [6.07, 6.45) is 0. The van der Waals surface area contributed by atoms with Crippen molar-refractivity contribution in [2.24, 2.45) is 10.2 Å². The van der Waals surface area contributed by atoms with E-state index < -0.39 is 18.5 Å². The van der Waals surface area contributed by atoms with Crippen LogP contribution in [0.15, 0.2) is 83.0 Å². The second kappa shape index (κ2) is 9.48. The van der Waals surface area contributed by atoms with Crippen LogP contribution < -0.4 is 5.32 Å². The molecule has 3 rings (SSSR count). The van der Waals surface area contributed by atoms with E-state index in [2.05, 4.69) is 15.5 Å². The number of esters is 1. The number of halogens is 1. The van der Waals surface area contributed by atoms with Crippen molar-refractivity contribution in [1.82, 2.24) is 0 Å². The molecule has 1 amide bonds. The Morgan fingerprint density at radius 2 is 1.62 bits per heavy atom. The first-order chi connectivity index (χ1) is 14.0. The Morgan fingerprint density at radius 1 is 0.931 bits per heavy atom. The van der Waals surface area contributed by atoms with Crippen LogP contribution in [0.5, 0.6) is 5.75 Å². The van der Waals surface area contributed by atoms with E-state index in [0.717, 1.165) is 0 Å².